The predicted octanol–water partition coefficient (Wildman–Crippen LogP) is 2.39. The van der Waals surface area contributed by atoms with E-state index in [0.717, 1.165) is 32.5 Å². The molecule has 1 fully saturated rings. The number of phenols is 2. The van der Waals surface area contributed by atoms with E-state index in [1.807, 2.05) is 6.07 Å². The molecule has 0 spiro atoms. The van der Waals surface area contributed by atoms with Crippen molar-refractivity contribution in [3.05, 3.63) is 59.7 Å². The van der Waals surface area contributed by atoms with Gasteiger partial charge < -0.3 is 20.4 Å². The summed E-state index contributed by atoms with van der Waals surface area (Å²) in [5, 5.41) is 22.3. The van der Waals surface area contributed by atoms with Crippen LogP contribution in [0.15, 0.2) is 48.5 Å². The van der Waals surface area contributed by atoms with Crippen LogP contribution in [-0.2, 0) is 6.42 Å². The van der Waals surface area contributed by atoms with Crippen LogP contribution in [0.4, 0.5) is 0 Å². The maximum Gasteiger partial charge on any atom is 0.258 e. The topological polar surface area (TPSA) is 72.8 Å². The average molecular weight is 340 g/mol. The van der Waals surface area contributed by atoms with Gasteiger partial charge in [-0.2, -0.15) is 0 Å². The van der Waals surface area contributed by atoms with E-state index in [2.05, 4.69) is 34.5 Å². The molecule has 2 aromatic rings. The first-order chi connectivity index (χ1) is 12.1. The standard InChI is InChI=1S/C20H24N2O3/c23-17-7-4-8-18(24)19(17)20(25)21-13-16-10-12-22(14-16)11-9-15-5-2-1-3-6-15/h1-8,16,23-24H,9-14H2,(H,21,25). The number of nitrogens with one attached hydrogen (secondary N) is 1. The maximum atomic E-state index is 12.2. The first-order valence-electron chi connectivity index (χ1n) is 8.69. The average Bonchev–Trinajstić information content (AvgIpc) is 3.07. The fourth-order valence-corrected chi connectivity index (χ4v) is 3.30. The number of carbonyl (C=O) groups is 1. The Labute approximate surface area is 147 Å². The molecule has 5 nitrogen and oxygen atoms in total. The van der Waals surface area contributed by atoms with Crippen molar-refractivity contribution in [1.29, 1.82) is 0 Å². The molecule has 0 aromatic heterocycles. The smallest absolute Gasteiger partial charge is 0.258 e. The summed E-state index contributed by atoms with van der Waals surface area (Å²) in [6.45, 7) is 3.57. The van der Waals surface area contributed by atoms with E-state index in [1.165, 1.54) is 23.8 Å². The highest BCUT2D eigenvalue weighted by Crippen LogP contribution is 2.26. The number of phenolic OH excluding ortho intramolecular Hbond substituents is 2. The largest absolute Gasteiger partial charge is 0.507 e. The van der Waals surface area contributed by atoms with Gasteiger partial charge in [-0.3, -0.25) is 4.79 Å². The fraction of sp³-hybridized carbons (Fsp3) is 0.350. The van der Waals surface area contributed by atoms with Crippen LogP contribution in [0.1, 0.15) is 22.3 Å². The summed E-state index contributed by atoms with van der Waals surface area (Å²) in [4.78, 5) is 14.6. The number of carbonyl (C=O) groups excluding carboxylic acids is 1. The number of likely N-dealkylation sites (tertiary alicyclic amines) is 1. The van der Waals surface area contributed by atoms with Gasteiger partial charge >= 0.3 is 0 Å². The molecule has 0 bridgehead atoms. The van der Waals surface area contributed by atoms with Gasteiger partial charge in [0.25, 0.3) is 5.91 Å². The number of aromatic hydroxyl groups is 2. The molecule has 25 heavy (non-hydrogen) atoms. The molecule has 1 atom stereocenters. The van der Waals surface area contributed by atoms with Gasteiger partial charge in [0.1, 0.15) is 17.1 Å². The number of hydrogen-bond donors (Lipinski definition) is 3. The molecule has 0 radical (unpaired) electrons. The zero-order valence-corrected chi connectivity index (χ0v) is 14.2. The van der Waals surface area contributed by atoms with E-state index in [-0.39, 0.29) is 17.1 Å². The second-order valence-corrected chi connectivity index (χ2v) is 6.57. The quantitative estimate of drug-likeness (QED) is 0.755. The monoisotopic (exact) mass is 340 g/mol. The molecular formula is C20H24N2O3. The Morgan fingerprint density at radius 2 is 1.80 bits per heavy atom. The lowest BCUT2D eigenvalue weighted by atomic mass is 10.1. The van der Waals surface area contributed by atoms with Crippen molar-refractivity contribution in [3.8, 4) is 11.5 Å². The van der Waals surface area contributed by atoms with Gasteiger partial charge in [-0.05, 0) is 43.0 Å². The van der Waals surface area contributed by atoms with Crippen molar-refractivity contribution in [2.75, 3.05) is 26.2 Å². The summed E-state index contributed by atoms with van der Waals surface area (Å²) >= 11 is 0. The second kappa shape index (κ2) is 8.03. The van der Waals surface area contributed by atoms with Gasteiger partial charge in [0, 0.05) is 19.6 Å². The van der Waals surface area contributed by atoms with Gasteiger partial charge in [-0.15, -0.1) is 0 Å². The molecule has 1 heterocycles. The number of benzene rings is 2. The molecule has 1 aliphatic heterocycles. The van der Waals surface area contributed by atoms with Gasteiger partial charge in [0.05, 0.1) is 0 Å². The van der Waals surface area contributed by atoms with E-state index in [9.17, 15) is 15.0 Å². The van der Waals surface area contributed by atoms with Crippen molar-refractivity contribution >= 4 is 5.91 Å². The van der Waals surface area contributed by atoms with Crippen LogP contribution in [0.2, 0.25) is 0 Å². The van der Waals surface area contributed by atoms with E-state index in [0.29, 0.717) is 12.5 Å². The molecule has 5 heteroatoms. The van der Waals surface area contributed by atoms with Crippen molar-refractivity contribution < 1.29 is 15.0 Å². The minimum atomic E-state index is -0.432. The van der Waals surface area contributed by atoms with E-state index in [4.69, 9.17) is 0 Å². The Hall–Kier alpha value is -2.53. The van der Waals surface area contributed by atoms with E-state index in [1.54, 1.807) is 0 Å². The molecule has 1 amide bonds. The first kappa shape index (κ1) is 17.3. The van der Waals surface area contributed by atoms with Crippen LogP contribution < -0.4 is 5.32 Å². The normalized spacial score (nSPS) is 17.5. The minimum absolute atomic E-state index is 0.0542. The van der Waals surface area contributed by atoms with Crippen LogP contribution >= 0.6 is 0 Å². The number of nitrogens with zero attached hydrogens (tertiary/aromatic N) is 1. The minimum Gasteiger partial charge on any atom is -0.507 e. The maximum absolute atomic E-state index is 12.2. The van der Waals surface area contributed by atoms with Crippen molar-refractivity contribution in [2.45, 2.75) is 12.8 Å². The molecule has 0 aliphatic carbocycles. The zero-order chi connectivity index (χ0) is 17.6. The highest BCUT2D eigenvalue weighted by atomic mass is 16.3. The molecule has 3 N–H and O–H groups in total. The summed E-state index contributed by atoms with van der Waals surface area (Å²) < 4.78 is 0. The number of rotatable bonds is 6. The predicted molar refractivity (Wildman–Crippen MR) is 96.8 cm³/mol. The van der Waals surface area contributed by atoms with Crippen molar-refractivity contribution in [2.24, 2.45) is 5.92 Å². The molecule has 1 saturated heterocycles. The molecule has 132 valence electrons. The SMILES string of the molecule is O=C(NCC1CCN(CCc2ccccc2)C1)c1c(O)cccc1O. The van der Waals surface area contributed by atoms with Crippen molar-refractivity contribution in [1.82, 2.24) is 10.2 Å². The number of hydrogen-bond acceptors (Lipinski definition) is 4. The third-order valence-corrected chi connectivity index (χ3v) is 4.73. The van der Waals surface area contributed by atoms with Gasteiger partial charge in [0.2, 0.25) is 0 Å². The van der Waals surface area contributed by atoms with Crippen molar-refractivity contribution in [3.63, 3.8) is 0 Å². The molecular weight excluding hydrogens is 316 g/mol. The van der Waals surface area contributed by atoms with E-state index >= 15 is 0 Å². The van der Waals surface area contributed by atoms with Gasteiger partial charge in [-0.25, -0.2) is 0 Å². The fourth-order valence-electron chi connectivity index (χ4n) is 3.30. The third kappa shape index (κ3) is 4.51. The number of amides is 1. The summed E-state index contributed by atoms with van der Waals surface area (Å²) in [7, 11) is 0. The van der Waals surface area contributed by atoms with Crippen LogP contribution in [-0.4, -0.2) is 47.2 Å². The Balaban J connectivity index is 1.45. The molecule has 2 aromatic carbocycles. The molecule has 1 unspecified atom stereocenters. The van der Waals surface area contributed by atoms with Crippen LogP contribution in [0.5, 0.6) is 11.5 Å². The highest BCUT2D eigenvalue weighted by molar-refractivity contribution is 5.99. The third-order valence-electron chi connectivity index (χ3n) is 4.73. The lowest BCUT2D eigenvalue weighted by Gasteiger charge is -2.16. The summed E-state index contributed by atoms with van der Waals surface area (Å²) in [5.74, 6) is -0.437. The molecule has 0 saturated carbocycles. The van der Waals surface area contributed by atoms with Crippen LogP contribution in [0, 0.1) is 5.92 Å². The lowest BCUT2D eigenvalue weighted by Crippen LogP contribution is -2.31. The Morgan fingerprint density at radius 1 is 1.08 bits per heavy atom. The first-order valence-corrected chi connectivity index (χ1v) is 8.69. The molecule has 1 aliphatic rings. The van der Waals surface area contributed by atoms with Crippen LogP contribution in [0.3, 0.4) is 0 Å². The Bertz CT molecular complexity index is 698. The van der Waals surface area contributed by atoms with Gasteiger partial charge in [0.15, 0.2) is 0 Å². The van der Waals surface area contributed by atoms with Crippen LogP contribution in [0.25, 0.3) is 0 Å². The lowest BCUT2D eigenvalue weighted by molar-refractivity contribution is 0.0942. The van der Waals surface area contributed by atoms with E-state index < -0.39 is 5.91 Å². The van der Waals surface area contributed by atoms with Gasteiger partial charge in [-0.1, -0.05) is 36.4 Å². The summed E-state index contributed by atoms with van der Waals surface area (Å²) in [5.41, 5.74) is 1.29. The summed E-state index contributed by atoms with van der Waals surface area (Å²) in [6, 6.07) is 14.7. The highest BCUT2D eigenvalue weighted by Gasteiger charge is 2.23. The Morgan fingerprint density at radius 3 is 2.52 bits per heavy atom. The summed E-state index contributed by atoms with van der Waals surface area (Å²) in [6.07, 6.45) is 2.08. The second-order valence-electron chi connectivity index (χ2n) is 6.57. The zero-order valence-electron chi connectivity index (χ0n) is 14.2. The Kier molecular flexibility index (Phi) is 5.56. The molecule has 3 rings (SSSR count).